The highest BCUT2D eigenvalue weighted by Gasteiger charge is 2.06. The lowest BCUT2D eigenvalue weighted by Gasteiger charge is -2.08. The Kier molecular flexibility index (Phi) is 3.48. The van der Waals surface area contributed by atoms with Crippen molar-refractivity contribution >= 4 is 28.4 Å². The van der Waals surface area contributed by atoms with E-state index < -0.39 is 0 Å². The Labute approximate surface area is 121 Å². The lowest BCUT2D eigenvalue weighted by Crippen LogP contribution is -1.90. The van der Waals surface area contributed by atoms with Gasteiger partial charge in [-0.15, -0.1) is 0 Å². The van der Waals surface area contributed by atoms with Crippen LogP contribution in [0.3, 0.4) is 0 Å². The Balaban J connectivity index is 2.00. The van der Waals surface area contributed by atoms with Gasteiger partial charge in [0, 0.05) is 27.1 Å². The van der Waals surface area contributed by atoms with Gasteiger partial charge in [-0.3, -0.25) is 4.98 Å². The van der Waals surface area contributed by atoms with Gasteiger partial charge in [-0.1, -0.05) is 11.8 Å². The molecule has 3 nitrogen and oxygen atoms in total. The zero-order chi connectivity index (χ0) is 13.9. The molecule has 1 aromatic heterocycles. The molecule has 0 unspecified atom stereocenters. The maximum atomic E-state index is 5.99. The van der Waals surface area contributed by atoms with Gasteiger partial charge in [-0.25, -0.2) is 0 Å². The number of hydrogen-bond acceptors (Lipinski definition) is 4. The van der Waals surface area contributed by atoms with E-state index in [1.54, 1.807) is 25.1 Å². The predicted molar refractivity (Wildman–Crippen MR) is 83.3 cm³/mol. The van der Waals surface area contributed by atoms with Crippen LogP contribution in [0.1, 0.15) is 0 Å². The number of aromatic nitrogens is 1. The van der Waals surface area contributed by atoms with Crippen LogP contribution in [0, 0.1) is 0 Å². The number of rotatable bonds is 3. The number of pyridine rings is 1. The second-order valence-electron chi connectivity index (χ2n) is 4.33. The fraction of sp³-hybridized carbons (Fsp3) is 0.0625. The number of nitrogen functional groups attached to an aromatic ring is 1. The minimum atomic E-state index is 0.757. The minimum Gasteiger partial charge on any atom is -0.497 e. The molecule has 2 N–H and O–H groups in total. The van der Waals surface area contributed by atoms with Gasteiger partial charge in [0.05, 0.1) is 12.6 Å². The van der Waals surface area contributed by atoms with Crippen molar-refractivity contribution in [3.05, 3.63) is 54.7 Å². The molecule has 3 aromatic rings. The van der Waals surface area contributed by atoms with Crippen LogP contribution >= 0.6 is 11.8 Å². The molecular formula is C16H14N2OS. The Morgan fingerprint density at radius 2 is 1.85 bits per heavy atom. The van der Waals surface area contributed by atoms with Gasteiger partial charge >= 0.3 is 0 Å². The standard InChI is InChI=1S/C16H14N2OS/c1-19-11-4-6-12(7-5-11)20-15-9-8-14(17)13-3-2-10-18-16(13)15/h2-10H,17H2,1H3. The third-order valence-corrected chi connectivity index (χ3v) is 4.11. The van der Waals surface area contributed by atoms with Crippen molar-refractivity contribution in [2.75, 3.05) is 12.8 Å². The second kappa shape index (κ2) is 5.43. The first-order valence-corrected chi connectivity index (χ1v) is 7.04. The molecule has 0 fully saturated rings. The van der Waals surface area contributed by atoms with Crippen molar-refractivity contribution in [3.8, 4) is 5.75 Å². The number of benzene rings is 2. The van der Waals surface area contributed by atoms with Gasteiger partial charge in [0.1, 0.15) is 5.75 Å². The van der Waals surface area contributed by atoms with Gasteiger partial charge in [0.15, 0.2) is 0 Å². The number of ether oxygens (including phenoxy) is 1. The Morgan fingerprint density at radius 3 is 2.60 bits per heavy atom. The first kappa shape index (κ1) is 12.8. The third kappa shape index (κ3) is 2.42. The SMILES string of the molecule is COc1ccc(Sc2ccc(N)c3cccnc23)cc1. The molecule has 0 radical (unpaired) electrons. The molecule has 0 aliphatic heterocycles. The molecule has 0 saturated heterocycles. The van der Waals surface area contributed by atoms with E-state index in [1.165, 1.54) is 0 Å². The number of anilines is 1. The van der Waals surface area contributed by atoms with Gasteiger partial charge in [-0.05, 0) is 48.5 Å². The van der Waals surface area contributed by atoms with Crippen LogP contribution in [0.4, 0.5) is 5.69 Å². The van der Waals surface area contributed by atoms with E-state index in [2.05, 4.69) is 4.98 Å². The van der Waals surface area contributed by atoms with Gasteiger partial charge in [0.25, 0.3) is 0 Å². The lowest BCUT2D eigenvalue weighted by atomic mass is 10.2. The average molecular weight is 282 g/mol. The second-order valence-corrected chi connectivity index (χ2v) is 5.45. The van der Waals surface area contributed by atoms with E-state index in [9.17, 15) is 0 Å². The Hall–Kier alpha value is -2.20. The summed E-state index contributed by atoms with van der Waals surface area (Å²) in [5.41, 5.74) is 7.69. The van der Waals surface area contributed by atoms with Gasteiger partial charge < -0.3 is 10.5 Å². The topological polar surface area (TPSA) is 48.1 Å². The minimum absolute atomic E-state index is 0.757. The first-order valence-electron chi connectivity index (χ1n) is 6.23. The van der Waals surface area contributed by atoms with Crippen molar-refractivity contribution in [3.63, 3.8) is 0 Å². The quantitative estimate of drug-likeness (QED) is 0.738. The molecule has 0 spiro atoms. The van der Waals surface area contributed by atoms with Crippen LogP contribution in [0.25, 0.3) is 10.9 Å². The van der Waals surface area contributed by atoms with E-state index in [0.717, 1.165) is 32.1 Å². The summed E-state index contributed by atoms with van der Waals surface area (Å²) in [7, 11) is 1.67. The number of methoxy groups -OCH3 is 1. The summed E-state index contributed by atoms with van der Waals surface area (Å²) in [6.07, 6.45) is 1.79. The Morgan fingerprint density at radius 1 is 1.05 bits per heavy atom. The summed E-state index contributed by atoms with van der Waals surface area (Å²) in [4.78, 5) is 6.68. The molecule has 0 aliphatic carbocycles. The van der Waals surface area contributed by atoms with E-state index in [-0.39, 0.29) is 0 Å². The number of nitrogens with zero attached hydrogens (tertiary/aromatic N) is 1. The van der Waals surface area contributed by atoms with Crippen molar-refractivity contribution in [1.29, 1.82) is 0 Å². The van der Waals surface area contributed by atoms with Crippen molar-refractivity contribution in [2.24, 2.45) is 0 Å². The van der Waals surface area contributed by atoms with Crippen LogP contribution in [0.2, 0.25) is 0 Å². The number of nitrogens with two attached hydrogens (primary N) is 1. The number of hydrogen-bond donors (Lipinski definition) is 1. The molecule has 0 bridgehead atoms. The molecule has 3 rings (SSSR count). The summed E-state index contributed by atoms with van der Waals surface area (Å²) in [5.74, 6) is 0.856. The molecule has 4 heteroatoms. The molecule has 20 heavy (non-hydrogen) atoms. The highest BCUT2D eigenvalue weighted by Crippen LogP contribution is 2.35. The van der Waals surface area contributed by atoms with E-state index in [4.69, 9.17) is 10.5 Å². The maximum Gasteiger partial charge on any atom is 0.118 e. The molecule has 0 amide bonds. The van der Waals surface area contributed by atoms with Crippen LogP contribution < -0.4 is 10.5 Å². The molecule has 1 heterocycles. The third-order valence-electron chi connectivity index (χ3n) is 3.05. The molecule has 0 aliphatic rings. The molecule has 100 valence electrons. The zero-order valence-electron chi connectivity index (χ0n) is 11.0. The van der Waals surface area contributed by atoms with Gasteiger partial charge in [0.2, 0.25) is 0 Å². The monoisotopic (exact) mass is 282 g/mol. The van der Waals surface area contributed by atoms with Crippen molar-refractivity contribution in [1.82, 2.24) is 4.98 Å². The van der Waals surface area contributed by atoms with Crippen LogP contribution in [0.15, 0.2) is 64.5 Å². The lowest BCUT2D eigenvalue weighted by molar-refractivity contribution is 0.414. The van der Waals surface area contributed by atoms with Crippen LogP contribution in [0.5, 0.6) is 5.75 Å². The summed E-state index contributed by atoms with van der Waals surface area (Å²) < 4.78 is 5.17. The zero-order valence-corrected chi connectivity index (χ0v) is 11.9. The fourth-order valence-corrected chi connectivity index (χ4v) is 2.94. The van der Waals surface area contributed by atoms with Crippen molar-refractivity contribution < 1.29 is 4.74 Å². The normalized spacial score (nSPS) is 10.7. The van der Waals surface area contributed by atoms with Gasteiger partial charge in [-0.2, -0.15) is 0 Å². The summed E-state index contributed by atoms with van der Waals surface area (Å²) in [6.45, 7) is 0. The molecule has 0 saturated carbocycles. The highest BCUT2D eigenvalue weighted by molar-refractivity contribution is 7.99. The van der Waals surface area contributed by atoms with E-state index in [0.29, 0.717) is 0 Å². The predicted octanol–water partition coefficient (Wildman–Crippen LogP) is 3.98. The largest absolute Gasteiger partial charge is 0.497 e. The average Bonchev–Trinajstić information content (AvgIpc) is 2.51. The van der Waals surface area contributed by atoms with E-state index in [1.807, 2.05) is 48.5 Å². The van der Waals surface area contributed by atoms with Crippen molar-refractivity contribution in [2.45, 2.75) is 9.79 Å². The molecule has 2 aromatic carbocycles. The fourth-order valence-electron chi connectivity index (χ4n) is 2.02. The molecule has 0 atom stereocenters. The van der Waals surface area contributed by atoms with Crippen LogP contribution in [-0.2, 0) is 0 Å². The maximum absolute atomic E-state index is 5.99. The first-order chi connectivity index (χ1) is 9.78. The van der Waals surface area contributed by atoms with E-state index >= 15 is 0 Å². The van der Waals surface area contributed by atoms with Crippen LogP contribution in [-0.4, -0.2) is 12.1 Å². The Bertz CT molecular complexity index is 741. The smallest absolute Gasteiger partial charge is 0.118 e. The highest BCUT2D eigenvalue weighted by atomic mass is 32.2. The number of fused-ring (bicyclic) bond motifs is 1. The summed E-state index contributed by atoms with van der Waals surface area (Å²) >= 11 is 1.67. The summed E-state index contributed by atoms with van der Waals surface area (Å²) in [5, 5.41) is 0.992. The molecular weight excluding hydrogens is 268 g/mol. The summed E-state index contributed by atoms with van der Waals surface area (Å²) in [6, 6.07) is 15.8.